The summed E-state index contributed by atoms with van der Waals surface area (Å²) in [5, 5.41) is 0. The van der Waals surface area contributed by atoms with Crippen molar-refractivity contribution in [3.05, 3.63) is 46.0 Å². The van der Waals surface area contributed by atoms with E-state index in [1.165, 1.54) is 47.9 Å². The molecule has 0 N–H and O–H groups in total. The fraction of sp³-hybridized carbons (Fsp3) is 0.412. The average molecular weight is 226 g/mol. The van der Waals surface area contributed by atoms with Gasteiger partial charge in [0.2, 0.25) is 0 Å². The number of benzene rings is 1. The van der Waals surface area contributed by atoms with E-state index in [2.05, 4.69) is 39.5 Å². The van der Waals surface area contributed by atoms with Gasteiger partial charge in [0.15, 0.2) is 0 Å². The highest BCUT2D eigenvalue weighted by atomic mass is 14.2. The lowest BCUT2D eigenvalue weighted by atomic mass is 9.83. The number of hydrogen-bond acceptors (Lipinski definition) is 0. The van der Waals surface area contributed by atoms with Gasteiger partial charge in [-0.1, -0.05) is 30.4 Å². The third-order valence-electron chi connectivity index (χ3n) is 3.58. The van der Waals surface area contributed by atoms with E-state index in [-0.39, 0.29) is 0 Å². The van der Waals surface area contributed by atoms with Gasteiger partial charge < -0.3 is 0 Å². The van der Waals surface area contributed by atoms with Crippen molar-refractivity contribution >= 4 is 12.2 Å². The molecule has 0 nitrogen and oxygen atoms in total. The molecule has 17 heavy (non-hydrogen) atoms. The molecule has 1 aromatic carbocycles. The Balaban J connectivity index is 2.67. The molecule has 0 aliphatic heterocycles. The highest BCUT2D eigenvalue weighted by Crippen LogP contribution is 2.31. The van der Waals surface area contributed by atoms with Crippen LogP contribution in [0.1, 0.15) is 54.5 Å². The summed E-state index contributed by atoms with van der Waals surface area (Å²) in [5.41, 5.74) is 8.59. The van der Waals surface area contributed by atoms with Gasteiger partial charge >= 0.3 is 0 Å². The van der Waals surface area contributed by atoms with E-state index >= 15 is 0 Å². The quantitative estimate of drug-likeness (QED) is 0.670. The fourth-order valence-electron chi connectivity index (χ4n) is 2.82. The second-order valence-electron chi connectivity index (χ2n) is 5.29. The maximum Gasteiger partial charge on any atom is -0.0152 e. The zero-order valence-corrected chi connectivity index (χ0v) is 11.3. The van der Waals surface area contributed by atoms with Crippen LogP contribution >= 0.6 is 0 Å². The molecule has 0 atom stereocenters. The molecule has 0 heterocycles. The lowest BCUT2D eigenvalue weighted by molar-refractivity contribution is 0.683. The Labute approximate surface area is 105 Å². The van der Waals surface area contributed by atoms with Gasteiger partial charge in [-0.3, -0.25) is 0 Å². The fourth-order valence-corrected chi connectivity index (χ4v) is 2.82. The third kappa shape index (κ3) is 2.36. The summed E-state index contributed by atoms with van der Waals surface area (Å²) in [5.74, 6) is 0. The first kappa shape index (κ1) is 12.2. The van der Waals surface area contributed by atoms with Crippen LogP contribution in [0.5, 0.6) is 0 Å². The van der Waals surface area contributed by atoms with Gasteiger partial charge in [-0.05, 0) is 74.3 Å². The molecule has 0 saturated heterocycles. The van der Waals surface area contributed by atoms with Gasteiger partial charge in [0, 0.05) is 0 Å². The third-order valence-corrected chi connectivity index (χ3v) is 3.58. The van der Waals surface area contributed by atoms with Crippen LogP contribution in [-0.2, 0) is 12.8 Å². The van der Waals surface area contributed by atoms with Crippen molar-refractivity contribution in [3.63, 3.8) is 0 Å². The number of rotatable bonds is 2. The lowest BCUT2D eigenvalue weighted by Gasteiger charge is -2.21. The second-order valence-corrected chi connectivity index (χ2v) is 5.29. The summed E-state index contributed by atoms with van der Waals surface area (Å²) >= 11 is 0. The van der Waals surface area contributed by atoms with Crippen LogP contribution < -0.4 is 0 Å². The van der Waals surface area contributed by atoms with Crippen LogP contribution in [0.3, 0.4) is 0 Å². The number of allylic oxidation sites excluding steroid dienone is 1. The van der Waals surface area contributed by atoms with Crippen LogP contribution in [0.15, 0.2) is 18.2 Å². The molecule has 1 aliphatic carbocycles. The Bertz CT molecular complexity index is 471. The average Bonchev–Trinajstić information content (AvgIpc) is 2.29. The summed E-state index contributed by atoms with van der Waals surface area (Å²) in [4.78, 5) is 0. The minimum Gasteiger partial charge on any atom is -0.0984 e. The predicted octanol–water partition coefficient (Wildman–Crippen LogP) is 4.94. The molecule has 0 unspecified atom stereocenters. The standard InChI is InChI=1S/C17H22/c1-5-15-16-9-7-6-8-14(16)11-13(4)17(15)10-12(2)3/h5,10-11H,1,6-9H2,2-4H3. The van der Waals surface area contributed by atoms with Gasteiger partial charge in [0.1, 0.15) is 0 Å². The van der Waals surface area contributed by atoms with Gasteiger partial charge in [-0.2, -0.15) is 0 Å². The van der Waals surface area contributed by atoms with E-state index < -0.39 is 0 Å². The highest BCUT2D eigenvalue weighted by Gasteiger charge is 2.15. The van der Waals surface area contributed by atoms with E-state index in [0.29, 0.717) is 0 Å². The maximum absolute atomic E-state index is 4.02. The largest absolute Gasteiger partial charge is 0.0984 e. The molecule has 0 radical (unpaired) electrons. The van der Waals surface area contributed by atoms with Crippen molar-refractivity contribution in [2.24, 2.45) is 0 Å². The van der Waals surface area contributed by atoms with Crippen molar-refractivity contribution in [3.8, 4) is 0 Å². The monoisotopic (exact) mass is 226 g/mol. The van der Waals surface area contributed by atoms with E-state index in [1.807, 2.05) is 6.08 Å². The molecule has 0 saturated carbocycles. The molecule has 1 aliphatic rings. The summed E-state index contributed by atoms with van der Waals surface area (Å²) in [6, 6.07) is 2.39. The number of aryl methyl sites for hydroxylation is 2. The first-order valence-corrected chi connectivity index (χ1v) is 6.56. The zero-order valence-electron chi connectivity index (χ0n) is 11.3. The maximum atomic E-state index is 4.02. The molecule has 1 aromatic rings. The van der Waals surface area contributed by atoms with Crippen molar-refractivity contribution in [1.82, 2.24) is 0 Å². The first-order valence-electron chi connectivity index (χ1n) is 6.56. The number of fused-ring (bicyclic) bond motifs is 1. The molecule has 0 heteroatoms. The molecular formula is C17H22. The summed E-state index contributed by atoms with van der Waals surface area (Å²) in [7, 11) is 0. The Morgan fingerprint density at radius 1 is 1.18 bits per heavy atom. The molecule has 2 rings (SSSR count). The molecule has 0 amide bonds. The van der Waals surface area contributed by atoms with E-state index in [0.717, 1.165) is 0 Å². The molecule has 0 aromatic heterocycles. The predicted molar refractivity (Wildman–Crippen MR) is 77.2 cm³/mol. The summed E-state index contributed by atoms with van der Waals surface area (Å²) in [6.45, 7) is 10.6. The van der Waals surface area contributed by atoms with Gasteiger partial charge in [0.05, 0.1) is 0 Å². The van der Waals surface area contributed by atoms with Crippen molar-refractivity contribution in [1.29, 1.82) is 0 Å². The van der Waals surface area contributed by atoms with Crippen LogP contribution in [0, 0.1) is 6.92 Å². The first-order chi connectivity index (χ1) is 8.13. The Morgan fingerprint density at radius 3 is 2.53 bits per heavy atom. The molecule has 0 spiro atoms. The van der Waals surface area contributed by atoms with Crippen molar-refractivity contribution in [2.45, 2.75) is 46.5 Å². The van der Waals surface area contributed by atoms with Crippen LogP contribution in [-0.4, -0.2) is 0 Å². The Morgan fingerprint density at radius 2 is 1.88 bits per heavy atom. The van der Waals surface area contributed by atoms with E-state index in [4.69, 9.17) is 0 Å². The van der Waals surface area contributed by atoms with Crippen LogP contribution in [0.25, 0.3) is 12.2 Å². The number of hydrogen-bond donors (Lipinski definition) is 0. The topological polar surface area (TPSA) is 0 Å². The Kier molecular flexibility index (Phi) is 3.51. The normalized spacial score (nSPS) is 14.1. The minimum atomic E-state index is 1.22. The second kappa shape index (κ2) is 4.91. The molecule has 0 bridgehead atoms. The van der Waals surface area contributed by atoms with Crippen molar-refractivity contribution < 1.29 is 0 Å². The van der Waals surface area contributed by atoms with E-state index in [9.17, 15) is 0 Å². The summed E-state index contributed by atoms with van der Waals surface area (Å²) < 4.78 is 0. The van der Waals surface area contributed by atoms with Crippen LogP contribution in [0.2, 0.25) is 0 Å². The molecule has 0 fully saturated rings. The van der Waals surface area contributed by atoms with E-state index in [1.54, 1.807) is 11.1 Å². The SMILES string of the molecule is C=Cc1c(C=C(C)C)c(C)cc2c1CCCC2. The minimum absolute atomic E-state index is 1.22. The smallest absolute Gasteiger partial charge is 0.0152 e. The highest BCUT2D eigenvalue weighted by molar-refractivity contribution is 5.72. The summed E-state index contributed by atoms with van der Waals surface area (Å²) in [6.07, 6.45) is 9.47. The van der Waals surface area contributed by atoms with Gasteiger partial charge in [-0.15, -0.1) is 0 Å². The van der Waals surface area contributed by atoms with Gasteiger partial charge in [0.25, 0.3) is 0 Å². The molecule has 90 valence electrons. The van der Waals surface area contributed by atoms with Crippen LogP contribution in [0.4, 0.5) is 0 Å². The zero-order chi connectivity index (χ0) is 12.4. The Hall–Kier alpha value is -1.30. The van der Waals surface area contributed by atoms with Gasteiger partial charge in [-0.25, -0.2) is 0 Å². The van der Waals surface area contributed by atoms with Crippen molar-refractivity contribution in [2.75, 3.05) is 0 Å². The lowest BCUT2D eigenvalue weighted by Crippen LogP contribution is -2.07. The molecular weight excluding hydrogens is 204 g/mol.